The Kier molecular flexibility index (Phi) is 6.11. The minimum absolute atomic E-state index is 0.00732. The van der Waals surface area contributed by atoms with Crippen molar-refractivity contribution >= 4 is 38.9 Å². The van der Waals surface area contributed by atoms with E-state index in [2.05, 4.69) is 0 Å². The van der Waals surface area contributed by atoms with E-state index in [0.717, 1.165) is 5.56 Å². The van der Waals surface area contributed by atoms with Crippen LogP contribution >= 0.6 is 11.6 Å². The summed E-state index contributed by atoms with van der Waals surface area (Å²) in [7, 11) is -3.08. The largest absolute Gasteiger partial charge is 0.337 e. The maximum Gasteiger partial charge on any atom is 0.242 e. The molecule has 0 spiro atoms. The molecular formula is C17H23ClN2O4S. The van der Waals surface area contributed by atoms with Crippen LogP contribution in [0.4, 0.5) is 5.69 Å². The predicted octanol–water partition coefficient (Wildman–Crippen LogP) is 2.04. The third kappa shape index (κ3) is 4.73. The number of hydrogen-bond donors (Lipinski definition) is 0. The number of aryl methyl sites for hydroxylation is 1. The third-order valence-electron chi connectivity index (χ3n) is 4.43. The van der Waals surface area contributed by atoms with E-state index >= 15 is 0 Å². The first kappa shape index (κ1) is 19.7. The summed E-state index contributed by atoms with van der Waals surface area (Å²) in [5.41, 5.74) is 1.42. The minimum Gasteiger partial charge on any atom is -0.337 e. The van der Waals surface area contributed by atoms with Crippen molar-refractivity contribution in [3.05, 3.63) is 28.8 Å². The number of hydrogen-bond acceptors (Lipinski definition) is 4. The van der Waals surface area contributed by atoms with E-state index in [0.29, 0.717) is 23.7 Å². The molecule has 2 amide bonds. The second-order valence-corrected chi connectivity index (χ2v) is 8.94. The molecule has 0 aromatic heterocycles. The number of amides is 2. The topological polar surface area (TPSA) is 74.8 Å². The van der Waals surface area contributed by atoms with Gasteiger partial charge in [0, 0.05) is 30.2 Å². The number of likely N-dealkylation sites (N-methyl/N-ethyl adjacent to an activating group) is 1. The average Bonchev–Trinajstić information content (AvgIpc) is 2.86. The molecule has 25 heavy (non-hydrogen) atoms. The first-order valence-electron chi connectivity index (χ1n) is 8.18. The Hall–Kier alpha value is -1.60. The molecule has 1 atom stereocenters. The Morgan fingerprint density at radius 3 is 2.48 bits per heavy atom. The molecule has 1 aliphatic rings. The zero-order chi connectivity index (χ0) is 18.8. The Balaban J connectivity index is 2.20. The van der Waals surface area contributed by atoms with Crippen molar-refractivity contribution in [2.75, 3.05) is 29.5 Å². The lowest BCUT2D eigenvalue weighted by atomic mass is 10.1. The number of anilines is 1. The van der Waals surface area contributed by atoms with Gasteiger partial charge in [-0.2, -0.15) is 0 Å². The van der Waals surface area contributed by atoms with Crippen molar-refractivity contribution < 1.29 is 18.0 Å². The maximum atomic E-state index is 12.7. The van der Waals surface area contributed by atoms with Crippen molar-refractivity contribution in [1.29, 1.82) is 0 Å². The van der Waals surface area contributed by atoms with Crippen molar-refractivity contribution in [3.63, 3.8) is 0 Å². The molecule has 1 aliphatic heterocycles. The van der Waals surface area contributed by atoms with Gasteiger partial charge in [0.05, 0.1) is 11.5 Å². The van der Waals surface area contributed by atoms with E-state index in [1.54, 1.807) is 23.1 Å². The van der Waals surface area contributed by atoms with E-state index in [-0.39, 0.29) is 35.9 Å². The highest BCUT2D eigenvalue weighted by Gasteiger charge is 2.34. The van der Waals surface area contributed by atoms with Crippen LogP contribution in [-0.4, -0.2) is 55.8 Å². The summed E-state index contributed by atoms with van der Waals surface area (Å²) in [4.78, 5) is 27.8. The van der Waals surface area contributed by atoms with Gasteiger partial charge in [-0.3, -0.25) is 9.59 Å². The fourth-order valence-corrected chi connectivity index (χ4v) is 5.13. The van der Waals surface area contributed by atoms with Gasteiger partial charge in [0.1, 0.15) is 6.54 Å². The first-order valence-corrected chi connectivity index (χ1v) is 10.4. The predicted molar refractivity (Wildman–Crippen MR) is 98.7 cm³/mol. The molecule has 6 nitrogen and oxygen atoms in total. The fraction of sp³-hybridized carbons (Fsp3) is 0.529. The molecule has 0 N–H and O–H groups in total. The van der Waals surface area contributed by atoms with E-state index in [9.17, 15) is 18.0 Å². The fourth-order valence-electron chi connectivity index (χ4n) is 3.17. The van der Waals surface area contributed by atoms with Crippen LogP contribution in [0.3, 0.4) is 0 Å². The van der Waals surface area contributed by atoms with Gasteiger partial charge in [0.15, 0.2) is 9.84 Å². The second-order valence-electron chi connectivity index (χ2n) is 6.27. The summed E-state index contributed by atoms with van der Waals surface area (Å²) in [6.07, 6.45) is 0.446. The Bertz CT molecular complexity index is 779. The molecule has 1 heterocycles. The van der Waals surface area contributed by atoms with E-state index in [1.807, 2.05) is 13.8 Å². The van der Waals surface area contributed by atoms with Crippen molar-refractivity contribution in [3.8, 4) is 0 Å². The number of carbonyl (C=O) groups is 2. The minimum atomic E-state index is -3.08. The highest BCUT2D eigenvalue weighted by molar-refractivity contribution is 7.91. The molecule has 8 heteroatoms. The summed E-state index contributed by atoms with van der Waals surface area (Å²) in [6.45, 7) is 5.32. The summed E-state index contributed by atoms with van der Waals surface area (Å²) < 4.78 is 23.4. The van der Waals surface area contributed by atoms with Gasteiger partial charge in [0.25, 0.3) is 0 Å². The van der Waals surface area contributed by atoms with Crippen molar-refractivity contribution in [1.82, 2.24) is 4.90 Å². The average molecular weight is 387 g/mol. The second kappa shape index (κ2) is 7.74. The number of sulfone groups is 1. The molecule has 1 unspecified atom stereocenters. The zero-order valence-corrected chi connectivity index (χ0v) is 16.2. The summed E-state index contributed by atoms with van der Waals surface area (Å²) >= 11 is 5.96. The third-order valence-corrected chi connectivity index (χ3v) is 6.42. The lowest BCUT2D eigenvalue weighted by molar-refractivity contribution is -0.132. The number of benzene rings is 1. The summed E-state index contributed by atoms with van der Waals surface area (Å²) in [5.74, 6) is -0.413. The molecular weight excluding hydrogens is 364 g/mol. The van der Waals surface area contributed by atoms with E-state index in [4.69, 9.17) is 11.6 Å². The standard InChI is InChI=1S/C17H23ClN2O4S/c1-4-19(15-7-8-25(23,24)11-15)17(22)10-20(13(3)21)16-6-5-14(18)9-12(16)2/h5-6,9,15H,4,7-8,10-11H2,1-3H3. The summed E-state index contributed by atoms with van der Waals surface area (Å²) in [6, 6.07) is 4.80. The lowest BCUT2D eigenvalue weighted by Gasteiger charge is -2.30. The van der Waals surface area contributed by atoms with E-state index in [1.165, 1.54) is 11.8 Å². The molecule has 1 aromatic rings. The van der Waals surface area contributed by atoms with Gasteiger partial charge in [-0.15, -0.1) is 0 Å². The van der Waals surface area contributed by atoms with Crippen LogP contribution in [0.1, 0.15) is 25.8 Å². The highest BCUT2D eigenvalue weighted by Crippen LogP contribution is 2.24. The van der Waals surface area contributed by atoms with E-state index < -0.39 is 9.84 Å². The number of nitrogens with zero attached hydrogens (tertiary/aromatic N) is 2. The Labute approximate surface area is 153 Å². The van der Waals surface area contributed by atoms with Crippen LogP contribution in [0.2, 0.25) is 5.02 Å². The molecule has 0 radical (unpaired) electrons. The van der Waals surface area contributed by atoms with Gasteiger partial charge in [0.2, 0.25) is 11.8 Å². The SMILES string of the molecule is CCN(C(=O)CN(C(C)=O)c1ccc(Cl)cc1C)C1CCS(=O)(=O)C1. The molecule has 0 saturated carbocycles. The van der Waals surface area contributed by atoms with Crippen LogP contribution in [0.15, 0.2) is 18.2 Å². The van der Waals surface area contributed by atoms with Gasteiger partial charge in [-0.1, -0.05) is 11.6 Å². The zero-order valence-electron chi connectivity index (χ0n) is 14.7. The quantitative estimate of drug-likeness (QED) is 0.776. The molecule has 1 fully saturated rings. The normalized spacial score (nSPS) is 18.8. The van der Waals surface area contributed by atoms with Gasteiger partial charge in [-0.05, 0) is 44.0 Å². The van der Waals surface area contributed by atoms with Gasteiger partial charge >= 0.3 is 0 Å². The van der Waals surface area contributed by atoms with Crippen LogP contribution in [0, 0.1) is 6.92 Å². The van der Waals surface area contributed by atoms with Crippen molar-refractivity contribution in [2.45, 2.75) is 33.2 Å². The molecule has 1 aromatic carbocycles. The highest BCUT2D eigenvalue weighted by atomic mass is 35.5. The molecule has 138 valence electrons. The Morgan fingerprint density at radius 2 is 2.00 bits per heavy atom. The van der Waals surface area contributed by atoms with Crippen LogP contribution in [0.5, 0.6) is 0 Å². The lowest BCUT2D eigenvalue weighted by Crippen LogP contribution is -2.47. The molecule has 0 bridgehead atoms. The maximum absolute atomic E-state index is 12.7. The monoisotopic (exact) mass is 386 g/mol. The van der Waals surface area contributed by atoms with Crippen LogP contribution in [0.25, 0.3) is 0 Å². The van der Waals surface area contributed by atoms with Gasteiger partial charge in [-0.25, -0.2) is 8.42 Å². The van der Waals surface area contributed by atoms with Gasteiger partial charge < -0.3 is 9.80 Å². The van der Waals surface area contributed by atoms with Crippen LogP contribution < -0.4 is 4.90 Å². The molecule has 0 aliphatic carbocycles. The van der Waals surface area contributed by atoms with Crippen molar-refractivity contribution in [2.24, 2.45) is 0 Å². The number of carbonyl (C=O) groups excluding carboxylic acids is 2. The number of halogens is 1. The molecule has 1 saturated heterocycles. The Morgan fingerprint density at radius 1 is 1.32 bits per heavy atom. The molecule has 2 rings (SSSR count). The first-order chi connectivity index (χ1) is 11.6. The van der Waals surface area contributed by atoms with Crippen LogP contribution in [-0.2, 0) is 19.4 Å². The number of rotatable bonds is 5. The smallest absolute Gasteiger partial charge is 0.242 e. The summed E-state index contributed by atoms with van der Waals surface area (Å²) in [5, 5.41) is 0.558.